The monoisotopic (exact) mass is 455 g/mol. The normalized spacial score (nSPS) is 15.8. The number of nitrogens with zero attached hydrogens (tertiary/aromatic N) is 1. The van der Waals surface area contributed by atoms with Crippen LogP contribution in [0, 0.1) is 11.6 Å². The number of rotatable bonds is 6. The van der Waals surface area contributed by atoms with Crippen LogP contribution in [0.5, 0.6) is 0 Å². The van der Waals surface area contributed by atoms with Gasteiger partial charge in [-0.05, 0) is 48.2 Å². The number of halogens is 3. The van der Waals surface area contributed by atoms with E-state index < -0.39 is 23.2 Å². The van der Waals surface area contributed by atoms with Crippen LogP contribution in [0.15, 0.2) is 66.9 Å². The number of hydrogen-bond acceptors (Lipinski definition) is 2. The van der Waals surface area contributed by atoms with Crippen LogP contribution < -0.4 is 10.6 Å². The van der Waals surface area contributed by atoms with E-state index in [4.69, 9.17) is 11.6 Å². The Balaban J connectivity index is 1.83. The Morgan fingerprint density at radius 2 is 1.72 bits per heavy atom. The van der Waals surface area contributed by atoms with Crippen molar-refractivity contribution in [2.24, 2.45) is 0 Å². The fourth-order valence-electron chi connectivity index (χ4n) is 4.34. The van der Waals surface area contributed by atoms with Crippen molar-refractivity contribution < 1.29 is 13.6 Å². The van der Waals surface area contributed by atoms with E-state index in [0.717, 1.165) is 37.3 Å². The van der Waals surface area contributed by atoms with Gasteiger partial charge in [-0.15, -0.1) is 0 Å². The number of carbonyl (C=O) groups is 1. The van der Waals surface area contributed by atoms with E-state index in [1.54, 1.807) is 12.1 Å². The van der Waals surface area contributed by atoms with E-state index in [1.807, 2.05) is 30.3 Å². The molecular weight excluding hydrogens is 432 g/mol. The summed E-state index contributed by atoms with van der Waals surface area (Å²) >= 11 is 6.06. The number of carbonyl (C=O) groups excluding carboxylic acids is 1. The highest BCUT2D eigenvalue weighted by Gasteiger charge is 2.39. The summed E-state index contributed by atoms with van der Waals surface area (Å²) in [6, 6.07) is 15.7. The predicted octanol–water partition coefficient (Wildman–Crippen LogP) is 5.74. The Morgan fingerprint density at radius 1 is 1.03 bits per heavy atom. The Labute approximate surface area is 191 Å². The Bertz CT molecular complexity index is 1050. The Kier molecular flexibility index (Phi) is 6.70. The molecule has 4 rings (SSSR count). The van der Waals surface area contributed by atoms with Crippen LogP contribution in [0.4, 0.5) is 13.6 Å². The quantitative estimate of drug-likeness (QED) is 0.498. The highest BCUT2D eigenvalue weighted by atomic mass is 35.5. The van der Waals surface area contributed by atoms with Crippen LogP contribution in [0.1, 0.15) is 42.5 Å². The van der Waals surface area contributed by atoms with E-state index in [0.29, 0.717) is 10.7 Å². The molecule has 0 radical (unpaired) electrons. The van der Waals surface area contributed by atoms with Gasteiger partial charge >= 0.3 is 6.03 Å². The second kappa shape index (κ2) is 9.65. The smallest absolute Gasteiger partial charge is 0.316 e. The van der Waals surface area contributed by atoms with E-state index in [9.17, 15) is 13.6 Å². The molecule has 0 aliphatic heterocycles. The third-order valence-corrected chi connectivity index (χ3v) is 6.07. The number of amides is 2. The summed E-state index contributed by atoms with van der Waals surface area (Å²) in [6.45, 7) is 0. The molecule has 3 aromatic rings. The third-order valence-electron chi connectivity index (χ3n) is 5.85. The zero-order chi connectivity index (χ0) is 22.6. The second-order valence-corrected chi connectivity index (χ2v) is 8.60. The van der Waals surface area contributed by atoms with Crippen LogP contribution in [-0.4, -0.2) is 17.1 Å². The second-order valence-electron chi connectivity index (χ2n) is 8.17. The molecule has 1 saturated carbocycles. The van der Waals surface area contributed by atoms with Crippen molar-refractivity contribution in [2.45, 2.75) is 43.7 Å². The maximum Gasteiger partial charge on any atom is 0.316 e. The summed E-state index contributed by atoms with van der Waals surface area (Å²) in [6.07, 6.45) is 5.65. The van der Waals surface area contributed by atoms with Gasteiger partial charge in [0, 0.05) is 24.7 Å². The van der Waals surface area contributed by atoms with Crippen molar-refractivity contribution in [2.75, 3.05) is 0 Å². The number of benzene rings is 2. The molecule has 0 saturated heterocycles. The summed E-state index contributed by atoms with van der Waals surface area (Å²) in [5.41, 5.74) is 0.236. The highest BCUT2D eigenvalue weighted by Crippen LogP contribution is 2.34. The lowest BCUT2D eigenvalue weighted by atomic mass is 9.80. The van der Waals surface area contributed by atoms with Crippen molar-refractivity contribution in [1.29, 1.82) is 0 Å². The summed E-state index contributed by atoms with van der Waals surface area (Å²) in [5, 5.41) is 6.45. The van der Waals surface area contributed by atoms with E-state index in [2.05, 4.69) is 15.6 Å². The average molecular weight is 456 g/mol. The lowest BCUT2D eigenvalue weighted by Gasteiger charge is -2.36. The fraction of sp³-hybridized carbons (Fsp3) is 0.280. The molecule has 1 unspecified atom stereocenters. The summed E-state index contributed by atoms with van der Waals surface area (Å²) < 4.78 is 28.7. The minimum Gasteiger partial charge on any atom is -0.335 e. The van der Waals surface area contributed by atoms with Crippen LogP contribution in [0.25, 0.3) is 0 Å². The first kappa shape index (κ1) is 22.2. The van der Waals surface area contributed by atoms with Crippen LogP contribution in [0.3, 0.4) is 0 Å². The standard InChI is InChI=1S/C25H24ClF2N3O/c26-19-10-11-23(29-16-19)25(15-17-6-2-1-3-7-17,18-12-20(27)14-21(28)13-18)31-24(32)30-22-8-4-5-9-22/h1-3,6-7,10-14,16,22H,4-5,8-9,15H2,(H2,30,31,32). The first-order chi connectivity index (χ1) is 15.4. The topological polar surface area (TPSA) is 54.0 Å². The number of pyridine rings is 1. The molecule has 2 aromatic carbocycles. The Hall–Kier alpha value is -2.99. The molecule has 0 bridgehead atoms. The first-order valence-electron chi connectivity index (χ1n) is 10.7. The van der Waals surface area contributed by atoms with Gasteiger partial charge in [0.2, 0.25) is 0 Å². The molecule has 1 aliphatic rings. The lowest BCUT2D eigenvalue weighted by Crippen LogP contribution is -2.54. The molecule has 2 amide bonds. The summed E-state index contributed by atoms with van der Waals surface area (Å²) in [7, 11) is 0. The molecular formula is C25H24ClF2N3O. The van der Waals surface area contributed by atoms with E-state index in [1.165, 1.54) is 18.3 Å². The molecule has 166 valence electrons. The number of urea groups is 1. The molecule has 0 spiro atoms. The minimum absolute atomic E-state index is 0.0758. The highest BCUT2D eigenvalue weighted by molar-refractivity contribution is 6.30. The average Bonchev–Trinajstić information content (AvgIpc) is 3.26. The first-order valence-corrected chi connectivity index (χ1v) is 11.0. The molecule has 2 N–H and O–H groups in total. The summed E-state index contributed by atoms with van der Waals surface area (Å²) in [4.78, 5) is 17.6. The molecule has 1 aliphatic carbocycles. The number of aromatic nitrogens is 1. The van der Waals surface area contributed by atoms with Gasteiger partial charge in [-0.3, -0.25) is 4.98 Å². The van der Waals surface area contributed by atoms with Crippen molar-refractivity contribution in [3.63, 3.8) is 0 Å². The van der Waals surface area contributed by atoms with Gasteiger partial charge in [-0.25, -0.2) is 13.6 Å². The zero-order valence-electron chi connectivity index (χ0n) is 17.5. The van der Waals surface area contributed by atoms with Gasteiger partial charge in [-0.2, -0.15) is 0 Å². The molecule has 1 aromatic heterocycles. The largest absolute Gasteiger partial charge is 0.335 e. The molecule has 1 atom stereocenters. The number of hydrogen-bond donors (Lipinski definition) is 2. The van der Waals surface area contributed by atoms with Gasteiger partial charge < -0.3 is 10.6 Å². The lowest BCUT2D eigenvalue weighted by molar-refractivity contribution is 0.225. The maximum atomic E-state index is 14.3. The van der Waals surface area contributed by atoms with Crippen molar-refractivity contribution >= 4 is 17.6 Å². The van der Waals surface area contributed by atoms with Gasteiger partial charge in [0.1, 0.15) is 17.2 Å². The molecule has 4 nitrogen and oxygen atoms in total. The van der Waals surface area contributed by atoms with Crippen molar-refractivity contribution in [3.8, 4) is 0 Å². The predicted molar refractivity (Wildman–Crippen MR) is 120 cm³/mol. The maximum absolute atomic E-state index is 14.3. The third kappa shape index (κ3) is 5.07. The fourth-order valence-corrected chi connectivity index (χ4v) is 4.45. The minimum atomic E-state index is -1.32. The molecule has 7 heteroatoms. The van der Waals surface area contributed by atoms with Gasteiger partial charge in [0.05, 0.1) is 10.7 Å². The SMILES string of the molecule is O=C(NC1CCCC1)NC(Cc1ccccc1)(c1cc(F)cc(F)c1)c1ccc(Cl)cn1. The van der Waals surface area contributed by atoms with Crippen molar-refractivity contribution in [1.82, 2.24) is 15.6 Å². The zero-order valence-corrected chi connectivity index (χ0v) is 18.2. The van der Waals surface area contributed by atoms with Gasteiger partial charge in [0.25, 0.3) is 0 Å². The Morgan fingerprint density at radius 3 is 2.34 bits per heavy atom. The van der Waals surface area contributed by atoms with Gasteiger partial charge in [0.15, 0.2) is 0 Å². The van der Waals surface area contributed by atoms with Crippen LogP contribution >= 0.6 is 11.6 Å². The van der Waals surface area contributed by atoms with E-state index in [-0.39, 0.29) is 18.0 Å². The molecule has 1 fully saturated rings. The number of nitrogens with one attached hydrogen (secondary N) is 2. The molecule has 1 heterocycles. The van der Waals surface area contributed by atoms with Gasteiger partial charge in [-0.1, -0.05) is 54.8 Å². The summed E-state index contributed by atoms with van der Waals surface area (Å²) in [5.74, 6) is -1.46. The van der Waals surface area contributed by atoms with Crippen LogP contribution in [-0.2, 0) is 12.0 Å². The van der Waals surface area contributed by atoms with Crippen molar-refractivity contribution in [3.05, 3.63) is 100 Å². The van der Waals surface area contributed by atoms with E-state index >= 15 is 0 Å². The molecule has 32 heavy (non-hydrogen) atoms. The van der Waals surface area contributed by atoms with Crippen LogP contribution in [0.2, 0.25) is 5.02 Å².